The second kappa shape index (κ2) is 6.28. The molecule has 0 bridgehead atoms. The van der Waals surface area contributed by atoms with Crippen molar-refractivity contribution in [3.63, 3.8) is 0 Å². The van der Waals surface area contributed by atoms with Gasteiger partial charge < -0.3 is 14.2 Å². The number of hydrogen-bond donors (Lipinski definition) is 1. The standard InChI is InChI=1S/C16H13NO3S/c18-16(4-1-12-6-8-21-11-12)17-9-14-2-3-15(20-14)13-5-7-19-10-13/h1-8,10-11H,9H2,(H,17,18). The van der Waals surface area contributed by atoms with Gasteiger partial charge in [-0.25, -0.2) is 0 Å². The van der Waals surface area contributed by atoms with E-state index in [1.165, 1.54) is 6.08 Å². The van der Waals surface area contributed by atoms with Crippen molar-refractivity contribution in [2.24, 2.45) is 0 Å². The van der Waals surface area contributed by atoms with E-state index in [9.17, 15) is 4.79 Å². The third-order valence-electron chi connectivity index (χ3n) is 2.87. The minimum Gasteiger partial charge on any atom is -0.472 e. The fourth-order valence-electron chi connectivity index (χ4n) is 1.81. The highest BCUT2D eigenvalue weighted by molar-refractivity contribution is 7.08. The van der Waals surface area contributed by atoms with Gasteiger partial charge in [-0.3, -0.25) is 4.79 Å². The second-order valence-electron chi connectivity index (χ2n) is 4.39. The van der Waals surface area contributed by atoms with Crippen LogP contribution in [0.25, 0.3) is 17.4 Å². The van der Waals surface area contributed by atoms with Gasteiger partial charge in [-0.05, 0) is 46.7 Å². The molecule has 0 atom stereocenters. The number of hydrogen-bond acceptors (Lipinski definition) is 4. The Morgan fingerprint density at radius 1 is 1.29 bits per heavy atom. The summed E-state index contributed by atoms with van der Waals surface area (Å²) in [6, 6.07) is 7.47. The van der Waals surface area contributed by atoms with E-state index in [0.717, 1.165) is 16.9 Å². The summed E-state index contributed by atoms with van der Waals surface area (Å²) in [7, 11) is 0. The second-order valence-corrected chi connectivity index (χ2v) is 5.17. The lowest BCUT2D eigenvalue weighted by Crippen LogP contribution is -2.19. The molecular weight excluding hydrogens is 286 g/mol. The van der Waals surface area contributed by atoms with Crippen LogP contribution in [0.2, 0.25) is 0 Å². The maximum Gasteiger partial charge on any atom is 0.244 e. The van der Waals surface area contributed by atoms with Crippen LogP contribution in [-0.4, -0.2) is 5.91 Å². The van der Waals surface area contributed by atoms with Crippen LogP contribution in [0.1, 0.15) is 11.3 Å². The summed E-state index contributed by atoms with van der Waals surface area (Å²) in [5, 5.41) is 6.73. The average molecular weight is 299 g/mol. The van der Waals surface area contributed by atoms with E-state index in [1.54, 1.807) is 29.9 Å². The molecule has 0 unspecified atom stereocenters. The molecule has 106 valence electrons. The van der Waals surface area contributed by atoms with Crippen LogP contribution in [-0.2, 0) is 11.3 Å². The molecule has 0 saturated carbocycles. The number of rotatable bonds is 5. The Hall–Kier alpha value is -2.53. The van der Waals surface area contributed by atoms with Crippen LogP contribution in [0.4, 0.5) is 0 Å². The van der Waals surface area contributed by atoms with E-state index in [2.05, 4.69) is 5.32 Å². The number of amides is 1. The zero-order valence-corrected chi connectivity index (χ0v) is 11.9. The SMILES string of the molecule is O=C(C=Cc1ccsc1)NCc1ccc(-c2ccoc2)o1. The van der Waals surface area contributed by atoms with E-state index in [-0.39, 0.29) is 5.91 Å². The van der Waals surface area contributed by atoms with Gasteiger partial charge in [0.2, 0.25) is 5.91 Å². The summed E-state index contributed by atoms with van der Waals surface area (Å²) in [4.78, 5) is 11.7. The summed E-state index contributed by atoms with van der Waals surface area (Å²) in [5.41, 5.74) is 1.90. The Balaban J connectivity index is 1.54. The van der Waals surface area contributed by atoms with Gasteiger partial charge >= 0.3 is 0 Å². The Morgan fingerprint density at radius 3 is 3.00 bits per heavy atom. The third kappa shape index (κ3) is 3.52. The van der Waals surface area contributed by atoms with E-state index < -0.39 is 0 Å². The van der Waals surface area contributed by atoms with Crippen LogP contribution in [0, 0.1) is 0 Å². The number of carbonyl (C=O) groups is 1. The van der Waals surface area contributed by atoms with Crippen LogP contribution >= 0.6 is 11.3 Å². The maximum atomic E-state index is 11.7. The van der Waals surface area contributed by atoms with E-state index in [1.807, 2.05) is 35.0 Å². The Morgan fingerprint density at radius 2 is 2.24 bits per heavy atom. The van der Waals surface area contributed by atoms with Crippen LogP contribution < -0.4 is 5.32 Å². The smallest absolute Gasteiger partial charge is 0.244 e. The molecule has 21 heavy (non-hydrogen) atoms. The number of nitrogens with one attached hydrogen (secondary N) is 1. The Labute approximate surface area is 125 Å². The molecule has 0 aliphatic rings. The lowest BCUT2D eigenvalue weighted by molar-refractivity contribution is -0.116. The van der Waals surface area contributed by atoms with E-state index in [0.29, 0.717) is 12.3 Å². The first-order valence-electron chi connectivity index (χ1n) is 6.41. The number of thiophene rings is 1. The summed E-state index contributed by atoms with van der Waals surface area (Å²) >= 11 is 1.60. The van der Waals surface area contributed by atoms with Crippen molar-refractivity contribution in [1.82, 2.24) is 5.32 Å². The van der Waals surface area contributed by atoms with E-state index in [4.69, 9.17) is 8.83 Å². The molecule has 0 radical (unpaired) electrons. The first-order valence-corrected chi connectivity index (χ1v) is 7.35. The number of carbonyl (C=O) groups excluding carboxylic acids is 1. The first-order chi connectivity index (χ1) is 10.3. The molecule has 3 heterocycles. The highest BCUT2D eigenvalue weighted by Crippen LogP contribution is 2.22. The minimum atomic E-state index is -0.150. The molecule has 1 N–H and O–H groups in total. The average Bonchev–Trinajstić information content (AvgIpc) is 3.24. The quantitative estimate of drug-likeness (QED) is 0.726. The zero-order chi connectivity index (χ0) is 14.5. The fourth-order valence-corrected chi connectivity index (χ4v) is 2.44. The van der Waals surface area contributed by atoms with Gasteiger partial charge in [0.25, 0.3) is 0 Å². The molecule has 0 saturated heterocycles. The molecule has 5 heteroatoms. The van der Waals surface area contributed by atoms with Crippen molar-refractivity contribution < 1.29 is 13.6 Å². The van der Waals surface area contributed by atoms with Gasteiger partial charge in [-0.1, -0.05) is 0 Å². The molecule has 0 spiro atoms. The van der Waals surface area contributed by atoms with Crippen LogP contribution in [0.5, 0.6) is 0 Å². The molecule has 3 aromatic heterocycles. The minimum absolute atomic E-state index is 0.150. The van der Waals surface area contributed by atoms with Crippen LogP contribution in [0.15, 0.2) is 62.5 Å². The van der Waals surface area contributed by atoms with Gasteiger partial charge in [-0.2, -0.15) is 11.3 Å². The zero-order valence-electron chi connectivity index (χ0n) is 11.1. The molecule has 0 aliphatic carbocycles. The first kappa shape index (κ1) is 13.5. The lowest BCUT2D eigenvalue weighted by atomic mass is 10.3. The maximum absolute atomic E-state index is 11.7. The molecule has 1 amide bonds. The predicted molar refractivity (Wildman–Crippen MR) is 81.6 cm³/mol. The highest BCUT2D eigenvalue weighted by Gasteiger charge is 2.06. The van der Waals surface area contributed by atoms with Crippen molar-refractivity contribution in [2.45, 2.75) is 6.54 Å². The van der Waals surface area contributed by atoms with Gasteiger partial charge in [0.1, 0.15) is 17.8 Å². The van der Waals surface area contributed by atoms with Gasteiger partial charge in [0.15, 0.2) is 0 Å². The molecular formula is C16H13NO3S. The normalized spacial score (nSPS) is 11.0. The largest absolute Gasteiger partial charge is 0.472 e. The van der Waals surface area contributed by atoms with E-state index >= 15 is 0 Å². The molecule has 0 aliphatic heterocycles. The fraction of sp³-hybridized carbons (Fsp3) is 0.0625. The molecule has 3 aromatic rings. The topological polar surface area (TPSA) is 55.4 Å². The Kier molecular flexibility index (Phi) is 4.02. The third-order valence-corrected chi connectivity index (χ3v) is 3.58. The van der Waals surface area contributed by atoms with Gasteiger partial charge in [0, 0.05) is 6.08 Å². The van der Waals surface area contributed by atoms with Crippen molar-refractivity contribution in [3.05, 3.63) is 65.0 Å². The summed E-state index contributed by atoms with van der Waals surface area (Å²) in [6.45, 7) is 0.352. The monoisotopic (exact) mass is 299 g/mol. The van der Waals surface area contributed by atoms with Crippen molar-refractivity contribution in [1.29, 1.82) is 0 Å². The summed E-state index contributed by atoms with van der Waals surface area (Å²) in [6.07, 6.45) is 6.51. The molecule has 4 nitrogen and oxygen atoms in total. The van der Waals surface area contributed by atoms with Gasteiger partial charge in [0.05, 0.1) is 18.4 Å². The predicted octanol–water partition coefficient (Wildman–Crippen LogP) is 3.93. The Bertz CT molecular complexity index is 724. The van der Waals surface area contributed by atoms with Gasteiger partial charge in [-0.15, -0.1) is 0 Å². The van der Waals surface area contributed by atoms with Crippen molar-refractivity contribution in [3.8, 4) is 11.3 Å². The molecule has 3 rings (SSSR count). The summed E-state index contributed by atoms with van der Waals surface area (Å²) < 4.78 is 10.6. The lowest BCUT2D eigenvalue weighted by Gasteiger charge is -1.98. The van der Waals surface area contributed by atoms with Crippen molar-refractivity contribution in [2.75, 3.05) is 0 Å². The van der Waals surface area contributed by atoms with Crippen molar-refractivity contribution >= 4 is 23.3 Å². The molecule has 0 aromatic carbocycles. The number of furan rings is 2. The highest BCUT2D eigenvalue weighted by atomic mass is 32.1. The van der Waals surface area contributed by atoms with Crippen LogP contribution in [0.3, 0.4) is 0 Å². The summed E-state index contributed by atoms with van der Waals surface area (Å²) in [5.74, 6) is 1.27. The molecule has 0 fully saturated rings.